The van der Waals surface area contributed by atoms with Crippen LogP contribution in [0.15, 0.2) is 28.7 Å². The SMILES string of the molecule is CC(O)C1CCN(CC(=O)Nc2ccccc2Br)CC1. The van der Waals surface area contributed by atoms with Gasteiger partial charge in [-0.25, -0.2) is 0 Å². The highest BCUT2D eigenvalue weighted by Gasteiger charge is 2.23. The summed E-state index contributed by atoms with van der Waals surface area (Å²) in [6.07, 6.45) is 1.67. The van der Waals surface area contributed by atoms with E-state index in [-0.39, 0.29) is 12.0 Å². The molecule has 0 aliphatic carbocycles. The first-order chi connectivity index (χ1) is 9.56. The number of likely N-dealkylation sites (tertiary alicyclic amines) is 1. The maximum absolute atomic E-state index is 12.0. The van der Waals surface area contributed by atoms with Gasteiger partial charge in [0.2, 0.25) is 5.91 Å². The molecule has 1 aromatic carbocycles. The molecule has 4 nitrogen and oxygen atoms in total. The maximum atomic E-state index is 12.0. The Bertz CT molecular complexity index is 457. The lowest BCUT2D eigenvalue weighted by Gasteiger charge is -2.32. The zero-order valence-corrected chi connectivity index (χ0v) is 13.3. The van der Waals surface area contributed by atoms with Crippen molar-refractivity contribution in [2.45, 2.75) is 25.9 Å². The molecule has 1 fully saturated rings. The Hall–Kier alpha value is -0.910. The zero-order valence-electron chi connectivity index (χ0n) is 11.7. The topological polar surface area (TPSA) is 52.6 Å². The Balaban J connectivity index is 1.80. The molecule has 1 aromatic rings. The molecule has 1 heterocycles. The average Bonchev–Trinajstić information content (AvgIpc) is 2.42. The van der Waals surface area contributed by atoms with Crippen molar-refractivity contribution in [3.63, 3.8) is 0 Å². The van der Waals surface area contributed by atoms with Gasteiger partial charge in [-0.05, 0) is 66.8 Å². The van der Waals surface area contributed by atoms with Crippen LogP contribution in [0.1, 0.15) is 19.8 Å². The summed E-state index contributed by atoms with van der Waals surface area (Å²) < 4.78 is 0.890. The van der Waals surface area contributed by atoms with Gasteiger partial charge in [0.15, 0.2) is 0 Å². The zero-order chi connectivity index (χ0) is 14.5. The number of hydrogen-bond donors (Lipinski definition) is 2. The lowest BCUT2D eigenvalue weighted by Crippen LogP contribution is -2.41. The summed E-state index contributed by atoms with van der Waals surface area (Å²) in [5.41, 5.74) is 0.802. The molecule has 2 N–H and O–H groups in total. The van der Waals surface area contributed by atoms with Crippen molar-refractivity contribution in [3.8, 4) is 0 Å². The smallest absolute Gasteiger partial charge is 0.238 e. The Kier molecular flexibility index (Phi) is 5.57. The summed E-state index contributed by atoms with van der Waals surface area (Å²) in [4.78, 5) is 14.2. The van der Waals surface area contributed by atoms with Crippen LogP contribution in [0, 0.1) is 5.92 Å². The number of aliphatic hydroxyl groups is 1. The average molecular weight is 341 g/mol. The van der Waals surface area contributed by atoms with E-state index in [1.54, 1.807) is 0 Å². The van der Waals surface area contributed by atoms with Crippen LogP contribution in [0.3, 0.4) is 0 Å². The molecule has 1 amide bonds. The molecule has 1 aliphatic rings. The molecule has 1 atom stereocenters. The number of anilines is 1. The summed E-state index contributed by atoms with van der Waals surface area (Å²) in [6.45, 7) is 4.01. The third-order valence-corrected chi connectivity index (χ3v) is 4.52. The lowest BCUT2D eigenvalue weighted by atomic mass is 9.92. The van der Waals surface area contributed by atoms with E-state index < -0.39 is 0 Å². The quantitative estimate of drug-likeness (QED) is 0.885. The fraction of sp³-hybridized carbons (Fsp3) is 0.533. The van der Waals surface area contributed by atoms with E-state index >= 15 is 0 Å². The third-order valence-electron chi connectivity index (χ3n) is 3.83. The number of nitrogens with one attached hydrogen (secondary N) is 1. The number of halogens is 1. The van der Waals surface area contributed by atoms with Crippen LogP contribution >= 0.6 is 15.9 Å². The van der Waals surface area contributed by atoms with Gasteiger partial charge in [0.25, 0.3) is 0 Å². The monoisotopic (exact) mass is 340 g/mol. The van der Waals surface area contributed by atoms with E-state index in [1.165, 1.54) is 0 Å². The molecule has 0 spiro atoms. The molecular formula is C15H21BrN2O2. The van der Waals surface area contributed by atoms with Crippen molar-refractivity contribution in [2.75, 3.05) is 25.0 Å². The second kappa shape index (κ2) is 7.20. The molecule has 110 valence electrons. The van der Waals surface area contributed by atoms with Gasteiger partial charge in [-0.2, -0.15) is 0 Å². The second-order valence-corrected chi connectivity index (χ2v) is 6.24. The van der Waals surface area contributed by atoms with Crippen molar-refractivity contribution in [1.29, 1.82) is 0 Å². The number of amides is 1. The number of para-hydroxylation sites is 1. The van der Waals surface area contributed by atoms with Gasteiger partial charge in [0.05, 0.1) is 18.3 Å². The van der Waals surface area contributed by atoms with Crippen molar-refractivity contribution in [3.05, 3.63) is 28.7 Å². The fourth-order valence-electron chi connectivity index (χ4n) is 2.55. The molecule has 0 aromatic heterocycles. The molecule has 20 heavy (non-hydrogen) atoms. The molecule has 0 saturated carbocycles. The molecule has 1 saturated heterocycles. The summed E-state index contributed by atoms with van der Waals surface area (Å²) >= 11 is 3.42. The van der Waals surface area contributed by atoms with E-state index in [0.717, 1.165) is 36.1 Å². The predicted octanol–water partition coefficient (Wildman–Crippen LogP) is 2.48. The van der Waals surface area contributed by atoms with Crippen LogP contribution in [0.5, 0.6) is 0 Å². The van der Waals surface area contributed by atoms with Crippen LogP contribution in [0.2, 0.25) is 0 Å². The highest BCUT2D eigenvalue weighted by atomic mass is 79.9. The van der Waals surface area contributed by atoms with Gasteiger partial charge < -0.3 is 10.4 Å². The van der Waals surface area contributed by atoms with Gasteiger partial charge in [-0.1, -0.05) is 12.1 Å². The second-order valence-electron chi connectivity index (χ2n) is 5.38. The number of piperidine rings is 1. The van der Waals surface area contributed by atoms with Gasteiger partial charge >= 0.3 is 0 Å². The number of carbonyl (C=O) groups excluding carboxylic acids is 1. The minimum atomic E-state index is -0.244. The van der Waals surface area contributed by atoms with Crippen molar-refractivity contribution >= 4 is 27.5 Å². The number of aliphatic hydroxyl groups excluding tert-OH is 1. The number of hydrogen-bond acceptors (Lipinski definition) is 3. The van der Waals surface area contributed by atoms with Crippen molar-refractivity contribution in [1.82, 2.24) is 4.90 Å². The van der Waals surface area contributed by atoms with E-state index in [0.29, 0.717) is 12.5 Å². The first kappa shape index (κ1) is 15.5. The standard InChI is InChI=1S/C15H21BrN2O2/c1-11(19)12-6-8-18(9-7-12)10-15(20)17-14-5-3-2-4-13(14)16/h2-5,11-12,19H,6-10H2,1H3,(H,17,20). The summed E-state index contributed by atoms with van der Waals surface area (Å²) in [6, 6.07) is 7.60. The summed E-state index contributed by atoms with van der Waals surface area (Å²) in [7, 11) is 0. The minimum absolute atomic E-state index is 0.00685. The van der Waals surface area contributed by atoms with Gasteiger partial charge in [-0.15, -0.1) is 0 Å². The molecule has 0 bridgehead atoms. The van der Waals surface area contributed by atoms with E-state index in [4.69, 9.17) is 0 Å². The van der Waals surface area contributed by atoms with Gasteiger partial charge in [0.1, 0.15) is 0 Å². The first-order valence-corrected chi connectivity index (χ1v) is 7.80. The van der Waals surface area contributed by atoms with E-state index in [9.17, 15) is 9.90 Å². The molecular weight excluding hydrogens is 320 g/mol. The predicted molar refractivity (Wildman–Crippen MR) is 83.6 cm³/mol. The molecule has 1 unspecified atom stereocenters. The highest BCUT2D eigenvalue weighted by Crippen LogP contribution is 2.22. The Labute approximate surface area is 128 Å². The molecule has 0 radical (unpaired) electrons. The normalized spacial score (nSPS) is 18.8. The van der Waals surface area contributed by atoms with Crippen LogP contribution < -0.4 is 5.32 Å². The first-order valence-electron chi connectivity index (χ1n) is 7.01. The molecule has 2 rings (SSSR count). The number of benzene rings is 1. The van der Waals surface area contributed by atoms with Gasteiger partial charge in [-0.3, -0.25) is 9.69 Å². The number of nitrogens with zero attached hydrogens (tertiary/aromatic N) is 1. The van der Waals surface area contributed by atoms with E-state index in [2.05, 4.69) is 26.1 Å². The molecule has 1 aliphatic heterocycles. The number of carbonyl (C=O) groups is 1. The number of rotatable bonds is 4. The van der Waals surface area contributed by atoms with Crippen LogP contribution in [-0.2, 0) is 4.79 Å². The van der Waals surface area contributed by atoms with E-state index in [1.807, 2.05) is 31.2 Å². The Morgan fingerprint density at radius 2 is 2.10 bits per heavy atom. The van der Waals surface area contributed by atoms with Crippen LogP contribution in [-0.4, -0.2) is 41.7 Å². The van der Waals surface area contributed by atoms with Crippen molar-refractivity contribution < 1.29 is 9.90 Å². The van der Waals surface area contributed by atoms with Crippen LogP contribution in [0.25, 0.3) is 0 Å². The largest absolute Gasteiger partial charge is 0.393 e. The van der Waals surface area contributed by atoms with Crippen LogP contribution in [0.4, 0.5) is 5.69 Å². The Morgan fingerprint density at radius 3 is 2.70 bits per heavy atom. The van der Waals surface area contributed by atoms with Gasteiger partial charge in [0, 0.05) is 4.47 Å². The summed E-state index contributed by atoms with van der Waals surface area (Å²) in [5.74, 6) is 0.380. The third kappa shape index (κ3) is 4.30. The fourth-order valence-corrected chi connectivity index (χ4v) is 2.93. The highest BCUT2D eigenvalue weighted by molar-refractivity contribution is 9.10. The maximum Gasteiger partial charge on any atom is 0.238 e. The van der Waals surface area contributed by atoms with Crippen molar-refractivity contribution in [2.24, 2.45) is 5.92 Å². The lowest BCUT2D eigenvalue weighted by molar-refractivity contribution is -0.117. The Morgan fingerprint density at radius 1 is 1.45 bits per heavy atom. The minimum Gasteiger partial charge on any atom is -0.393 e. The molecule has 5 heteroatoms. The summed E-state index contributed by atoms with van der Waals surface area (Å²) in [5, 5.41) is 12.5.